The number of para-hydroxylation sites is 1. The molecule has 0 radical (unpaired) electrons. The van der Waals surface area contributed by atoms with E-state index in [0.717, 1.165) is 42.4 Å². The number of carbonyl (C=O) groups is 2. The maximum atomic E-state index is 13.7. The van der Waals surface area contributed by atoms with Gasteiger partial charge in [-0.15, -0.1) is 0 Å². The van der Waals surface area contributed by atoms with E-state index in [1.54, 1.807) is 4.90 Å². The van der Waals surface area contributed by atoms with Crippen molar-refractivity contribution in [2.75, 3.05) is 6.61 Å². The minimum absolute atomic E-state index is 0.0950. The van der Waals surface area contributed by atoms with Crippen LogP contribution in [0.15, 0.2) is 84.9 Å². The molecule has 1 fully saturated rings. The Kier molecular flexibility index (Phi) is 8.55. The number of aryl methyl sites for hydroxylation is 1. The van der Waals surface area contributed by atoms with Gasteiger partial charge in [0, 0.05) is 19.0 Å². The molecule has 0 aromatic heterocycles. The number of nitrogens with one attached hydrogen (secondary N) is 1. The summed E-state index contributed by atoms with van der Waals surface area (Å²) in [7, 11) is 0. The predicted octanol–water partition coefficient (Wildman–Crippen LogP) is 5.07. The molecule has 1 atom stereocenters. The van der Waals surface area contributed by atoms with Crippen molar-refractivity contribution in [1.29, 1.82) is 0 Å². The van der Waals surface area contributed by atoms with Gasteiger partial charge in [0.1, 0.15) is 11.8 Å². The van der Waals surface area contributed by atoms with Crippen molar-refractivity contribution in [2.45, 2.75) is 57.7 Å². The van der Waals surface area contributed by atoms with Crippen LogP contribution in [0.3, 0.4) is 0 Å². The molecule has 0 bridgehead atoms. The topological polar surface area (TPSA) is 58.6 Å². The van der Waals surface area contributed by atoms with E-state index in [2.05, 4.69) is 5.32 Å². The quantitative estimate of drug-likeness (QED) is 0.450. The summed E-state index contributed by atoms with van der Waals surface area (Å²) in [4.78, 5) is 29.0. The van der Waals surface area contributed by atoms with Crippen molar-refractivity contribution in [1.82, 2.24) is 10.2 Å². The summed E-state index contributed by atoms with van der Waals surface area (Å²) in [5, 5.41) is 3.24. The minimum atomic E-state index is -0.635. The first-order chi connectivity index (χ1) is 17.1. The molecule has 5 heteroatoms. The number of nitrogens with zero attached hydrogens (tertiary/aromatic N) is 1. The zero-order valence-electron chi connectivity index (χ0n) is 20.4. The van der Waals surface area contributed by atoms with Gasteiger partial charge in [-0.2, -0.15) is 0 Å². The van der Waals surface area contributed by atoms with E-state index in [1.807, 2.05) is 91.9 Å². The van der Waals surface area contributed by atoms with Crippen LogP contribution in [0.4, 0.5) is 0 Å². The molecule has 0 unspecified atom stereocenters. The summed E-state index contributed by atoms with van der Waals surface area (Å²) >= 11 is 0. The lowest BCUT2D eigenvalue weighted by Gasteiger charge is -2.32. The average molecular weight is 471 g/mol. The van der Waals surface area contributed by atoms with Crippen LogP contribution in [0.5, 0.6) is 5.75 Å². The molecule has 1 N–H and O–H groups in total. The molecule has 3 aromatic rings. The molecule has 0 spiro atoms. The van der Waals surface area contributed by atoms with E-state index in [-0.39, 0.29) is 24.5 Å². The van der Waals surface area contributed by atoms with Crippen LogP contribution < -0.4 is 10.1 Å². The Morgan fingerprint density at radius 1 is 0.914 bits per heavy atom. The summed E-state index contributed by atoms with van der Waals surface area (Å²) in [5.74, 6) is 0.328. The second kappa shape index (κ2) is 12.2. The number of carbonyl (C=O) groups excluding carboxylic acids is 2. The first kappa shape index (κ1) is 24.5. The number of benzene rings is 3. The maximum absolute atomic E-state index is 13.7. The highest BCUT2D eigenvalue weighted by Gasteiger charge is 2.32. The van der Waals surface area contributed by atoms with E-state index in [1.165, 1.54) is 0 Å². The molecule has 182 valence electrons. The largest absolute Gasteiger partial charge is 0.484 e. The van der Waals surface area contributed by atoms with Gasteiger partial charge in [0.25, 0.3) is 5.91 Å². The first-order valence-electron chi connectivity index (χ1n) is 12.5. The fourth-order valence-electron chi connectivity index (χ4n) is 4.64. The van der Waals surface area contributed by atoms with Gasteiger partial charge in [0.05, 0.1) is 0 Å². The lowest BCUT2D eigenvalue weighted by atomic mass is 10.0. The lowest BCUT2D eigenvalue weighted by molar-refractivity contribution is -0.143. The van der Waals surface area contributed by atoms with Gasteiger partial charge in [0.2, 0.25) is 5.91 Å². The van der Waals surface area contributed by atoms with Crippen molar-refractivity contribution in [3.8, 4) is 5.75 Å². The molecule has 0 saturated heterocycles. The van der Waals surface area contributed by atoms with Crippen molar-refractivity contribution in [3.63, 3.8) is 0 Å². The molecule has 0 aliphatic heterocycles. The van der Waals surface area contributed by atoms with E-state index < -0.39 is 6.04 Å². The van der Waals surface area contributed by atoms with E-state index in [4.69, 9.17) is 4.74 Å². The molecule has 4 rings (SSSR count). The monoisotopic (exact) mass is 470 g/mol. The predicted molar refractivity (Wildman–Crippen MR) is 138 cm³/mol. The molecule has 35 heavy (non-hydrogen) atoms. The SMILES string of the molecule is Cc1ccccc1CN(C(=O)COc1ccccc1)[C@@H](Cc1ccccc1)C(=O)NC1CCCC1. The van der Waals surface area contributed by atoms with Gasteiger partial charge >= 0.3 is 0 Å². The van der Waals surface area contributed by atoms with Crippen LogP contribution in [-0.4, -0.2) is 35.4 Å². The van der Waals surface area contributed by atoms with Gasteiger partial charge in [-0.25, -0.2) is 0 Å². The van der Waals surface area contributed by atoms with Gasteiger partial charge in [0.15, 0.2) is 6.61 Å². The van der Waals surface area contributed by atoms with Crippen LogP contribution in [0.1, 0.15) is 42.4 Å². The zero-order chi connectivity index (χ0) is 24.5. The Morgan fingerprint density at radius 2 is 1.54 bits per heavy atom. The van der Waals surface area contributed by atoms with Crippen LogP contribution in [0, 0.1) is 6.92 Å². The van der Waals surface area contributed by atoms with Crippen molar-refractivity contribution >= 4 is 11.8 Å². The van der Waals surface area contributed by atoms with Gasteiger partial charge in [-0.05, 0) is 48.6 Å². The molecule has 5 nitrogen and oxygen atoms in total. The second-order valence-corrected chi connectivity index (χ2v) is 9.25. The maximum Gasteiger partial charge on any atom is 0.261 e. The number of hydrogen-bond acceptors (Lipinski definition) is 3. The normalized spacial score (nSPS) is 14.3. The Balaban J connectivity index is 1.61. The molecule has 1 aliphatic rings. The van der Waals surface area contributed by atoms with Gasteiger partial charge in [-0.1, -0.05) is 85.6 Å². The van der Waals surface area contributed by atoms with Crippen LogP contribution in [0.2, 0.25) is 0 Å². The van der Waals surface area contributed by atoms with Crippen LogP contribution in [-0.2, 0) is 22.6 Å². The van der Waals surface area contributed by atoms with Crippen LogP contribution >= 0.6 is 0 Å². The Hall–Kier alpha value is -3.60. The number of ether oxygens (including phenoxy) is 1. The third-order valence-electron chi connectivity index (χ3n) is 6.68. The van der Waals surface area contributed by atoms with E-state index in [9.17, 15) is 9.59 Å². The summed E-state index contributed by atoms with van der Waals surface area (Å²) in [6, 6.07) is 26.8. The standard InChI is InChI=1S/C30H34N2O3/c1-23-12-8-9-15-25(23)21-32(29(33)22-35-27-18-6-3-7-19-27)28(20-24-13-4-2-5-14-24)30(34)31-26-16-10-11-17-26/h2-9,12-15,18-19,26,28H,10-11,16-17,20-22H2,1H3,(H,31,34)/t28-/m0/s1. The van der Waals surface area contributed by atoms with Gasteiger partial charge < -0.3 is 15.0 Å². The second-order valence-electron chi connectivity index (χ2n) is 9.25. The fourth-order valence-corrected chi connectivity index (χ4v) is 4.64. The minimum Gasteiger partial charge on any atom is -0.484 e. The molecule has 1 aliphatic carbocycles. The molecular formula is C30H34N2O3. The lowest BCUT2D eigenvalue weighted by Crippen LogP contribution is -2.53. The fraction of sp³-hybridized carbons (Fsp3) is 0.333. The van der Waals surface area contributed by atoms with Crippen molar-refractivity contribution in [2.24, 2.45) is 0 Å². The van der Waals surface area contributed by atoms with Gasteiger partial charge in [-0.3, -0.25) is 9.59 Å². The third-order valence-corrected chi connectivity index (χ3v) is 6.68. The highest BCUT2D eigenvalue weighted by Crippen LogP contribution is 2.21. The van der Waals surface area contributed by atoms with E-state index in [0.29, 0.717) is 18.7 Å². The number of rotatable bonds is 10. The number of amides is 2. The smallest absolute Gasteiger partial charge is 0.261 e. The molecular weight excluding hydrogens is 436 g/mol. The highest BCUT2D eigenvalue weighted by molar-refractivity contribution is 5.88. The molecule has 3 aromatic carbocycles. The molecule has 1 saturated carbocycles. The average Bonchev–Trinajstić information content (AvgIpc) is 3.40. The molecule has 2 amide bonds. The summed E-state index contributed by atoms with van der Waals surface area (Å²) in [6.45, 7) is 2.25. The number of hydrogen-bond donors (Lipinski definition) is 1. The Bertz CT molecular complexity index is 1090. The summed E-state index contributed by atoms with van der Waals surface area (Å²) in [6.07, 6.45) is 4.69. The first-order valence-corrected chi connectivity index (χ1v) is 12.5. The van der Waals surface area contributed by atoms with E-state index >= 15 is 0 Å². The highest BCUT2D eigenvalue weighted by atomic mass is 16.5. The Morgan fingerprint density at radius 3 is 2.23 bits per heavy atom. The zero-order valence-corrected chi connectivity index (χ0v) is 20.4. The molecule has 0 heterocycles. The van der Waals surface area contributed by atoms with Crippen LogP contribution in [0.25, 0.3) is 0 Å². The third kappa shape index (κ3) is 6.95. The Labute approximate surface area is 208 Å². The van der Waals surface area contributed by atoms with Crippen molar-refractivity contribution < 1.29 is 14.3 Å². The van der Waals surface area contributed by atoms with Crippen molar-refractivity contribution in [3.05, 3.63) is 102 Å². The summed E-state index contributed by atoms with van der Waals surface area (Å²) in [5.41, 5.74) is 3.13. The summed E-state index contributed by atoms with van der Waals surface area (Å²) < 4.78 is 5.81.